The Morgan fingerprint density at radius 3 is 2.60 bits per heavy atom. The second-order valence-corrected chi connectivity index (χ2v) is 3.39. The van der Waals surface area contributed by atoms with Crippen molar-refractivity contribution in [1.29, 1.82) is 0 Å². The van der Waals surface area contributed by atoms with E-state index in [0.29, 0.717) is 0 Å². The van der Waals surface area contributed by atoms with Gasteiger partial charge in [-0.25, -0.2) is 0 Å². The molecule has 0 heterocycles. The maximum absolute atomic E-state index is 9.34. The summed E-state index contributed by atoms with van der Waals surface area (Å²) in [5, 5.41) is 21.9. The van der Waals surface area contributed by atoms with Crippen LogP contribution < -0.4 is 5.32 Å². The number of likely N-dealkylation sites (N-methyl/N-ethyl adjacent to an activating group) is 1. The third-order valence-corrected chi connectivity index (χ3v) is 2.42. The fourth-order valence-electron chi connectivity index (χ4n) is 1.19. The summed E-state index contributed by atoms with van der Waals surface area (Å²) in [6.07, 6.45) is 0.737. The standard InChI is InChI=1S/C10H14ClNO2.ClH/c1-2-12-6-5-7-3-4-8(13)10(14)9(7)11;/h3-4,12-14H,2,5-6H2,1H3;1H. The van der Waals surface area contributed by atoms with Gasteiger partial charge >= 0.3 is 0 Å². The Morgan fingerprint density at radius 2 is 2.00 bits per heavy atom. The number of halogens is 2. The van der Waals surface area contributed by atoms with E-state index < -0.39 is 0 Å². The molecule has 5 heteroatoms. The Hall–Kier alpha value is -0.640. The lowest BCUT2D eigenvalue weighted by molar-refractivity contribution is 0.403. The lowest BCUT2D eigenvalue weighted by Gasteiger charge is -2.07. The fraction of sp³-hybridized carbons (Fsp3) is 0.400. The SMILES string of the molecule is CCNCCc1ccc(O)c(O)c1Cl.Cl. The first-order valence-electron chi connectivity index (χ1n) is 4.56. The van der Waals surface area contributed by atoms with Gasteiger partial charge in [-0.1, -0.05) is 24.6 Å². The largest absolute Gasteiger partial charge is 0.504 e. The van der Waals surface area contributed by atoms with Crippen LogP contribution in [-0.4, -0.2) is 23.3 Å². The van der Waals surface area contributed by atoms with Crippen molar-refractivity contribution < 1.29 is 10.2 Å². The molecule has 0 atom stereocenters. The summed E-state index contributed by atoms with van der Waals surface area (Å²) in [5.74, 6) is -0.414. The third kappa shape index (κ3) is 3.78. The number of phenols is 2. The lowest BCUT2D eigenvalue weighted by Crippen LogP contribution is -2.16. The predicted molar refractivity (Wildman–Crippen MR) is 64.3 cm³/mol. The van der Waals surface area contributed by atoms with Crippen molar-refractivity contribution >= 4 is 24.0 Å². The summed E-state index contributed by atoms with van der Waals surface area (Å²) in [4.78, 5) is 0. The minimum absolute atomic E-state index is 0. The lowest BCUT2D eigenvalue weighted by atomic mass is 10.1. The molecule has 0 unspecified atom stereocenters. The minimum atomic E-state index is -0.235. The molecule has 0 aliphatic heterocycles. The molecular weight excluding hydrogens is 237 g/mol. The molecule has 15 heavy (non-hydrogen) atoms. The van der Waals surface area contributed by atoms with Crippen molar-refractivity contribution in [2.75, 3.05) is 13.1 Å². The average molecular weight is 252 g/mol. The first-order valence-corrected chi connectivity index (χ1v) is 4.94. The molecule has 1 rings (SSSR count). The van der Waals surface area contributed by atoms with E-state index in [1.165, 1.54) is 6.07 Å². The zero-order chi connectivity index (χ0) is 10.6. The van der Waals surface area contributed by atoms with Crippen LogP contribution in [0.4, 0.5) is 0 Å². The number of rotatable bonds is 4. The normalized spacial score (nSPS) is 9.73. The van der Waals surface area contributed by atoms with Gasteiger partial charge in [0.2, 0.25) is 0 Å². The molecule has 0 aliphatic carbocycles. The summed E-state index contributed by atoms with van der Waals surface area (Å²) < 4.78 is 0. The third-order valence-electron chi connectivity index (χ3n) is 2.00. The number of hydrogen-bond donors (Lipinski definition) is 3. The monoisotopic (exact) mass is 251 g/mol. The van der Waals surface area contributed by atoms with E-state index in [1.807, 2.05) is 6.92 Å². The van der Waals surface area contributed by atoms with Crippen LogP contribution in [0.1, 0.15) is 12.5 Å². The molecule has 0 radical (unpaired) electrons. The zero-order valence-electron chi connectivity index (χ0n) is 8.46. The zero-order valence-corrected chi connectivity index (χ0v) is 10.0. The van der Waals surface area contributed by atoms with Crippen molar-refractivity contribution in [3.05, 3.63) is 22.7 Å². The Morgan fingerprint density at radius 1 is 1.33 bits per heavy atom. The molecule has 1 aromatic rings. The maximum Gasteiger partial charge on any atom is 0.176 e. The van der Waals surface area contributed by atoms with Crippen LogP contribution in [0.15, 0.2) is 12.1 Å². The molecule has 0 amide bonds. The number of phenolic OH excluding ortho intramolecular Hbond substituents is 2. The van der Waals surface area contributed by atoms with Crippen LogP contribution in [0.25, 0.3) is 0 Å². The van der Waals surface area contributed by atoms with Gasteiger partial charge in [-0.05, 0) is 31.1 Å². The molecule has 0 saturated heterocycles. The summed E-state index contributed by atoms with van der Waals surface area (Å²) in [5.41, 5.74) is 0.836. The Labute approximate surface area is 100 Å². The summed E-state index contributed by atoms with van der Waals surface area (Å²) in [6, 6.07) is 3.16. The van der Waals surface area contributed by atoms with Crippen molar-refractivity contribution in [1.82, 2.24) is 5.32 Å². The van der Waals surface area contributed by atoms with Crippen LogP contribution in [0, 0.1) is 0 Å². The molecular formula is C10H15Cl2NO2. The molecule has 86 valence electrons. The van der Waals surface area contributed by atoms with Crippen molar-refractivity contribution in [2.45, 2.75) is 13.3 Å². The second-order valence-electron chi connectivity index (χ2n) is 3.01. The van der Waals surface area contributed by atoms with Crippen molar-refractivity contribution in [3.63, 3.8) is 0 Å². The van der Waals surface area contributed by atoms with E-state index in [0.717, 1.165) is 25.1 Å². The molecule has 0 fully saturated rings. The molecule has 3 N–H and O–H groups in total. The van der Waals surface area contributed by atoms with E-state index in [9.17, 15) is 5.11 Å². The second kappa shape index (κ2) is 6.77. The van der Waals surface area contributed by atoms with Gasteiger partial charge in [0.15, 0.2) is 11.5 Å². The molecule has 3 nitrogen and oxygen atoms in total. The quantitative estimate of drug-likeness (QED) is 0.569. The van der Waals surface area contributed by atoms with Crippen LogP contribution in [0.5, 0.6) is 11.5 Å². The van der Waals surface area contributed by atoms with E-state index in [4.69, 9.17) is 16.7 Å². The van der Waals surface area contributed by atoms with Gasteiger partial charge in [0.25, 0.3) is 0 Å². The average Bonchev–Trinajstić information content (AvgIpc) is 2.18. The summed E-state index contributed by atoms with van der Waals surface area (Å²) >= 11 is 5.84. The van der Waals surface area contributed by atoms with Gasteiger partial charge in [0.05, 0.1) is 5.02 Å². The van der Waals surface area contributed by atoms with Gasteiger partial charge in [-0.2, -0.15) is 0 Å². The minimum Gasteiger partial charge on any atom is -0.504 e. The van der Waals surface area contributed by atoms with E-state index in [-0.39, 0.29) is 28.9 Å². The highest BCUT2D eigenvalue weighted by atomic mass is 35.5. The molecule has 0 saturated carbocycles. The maximum atomic E-state index is 9.34. The predicted octanol–water partition coefficient (Wildman–Crippen LogP) is 2.33. The van der Waals surface area contributed by atoms with E-state index in [2.05, 4.69) is 5.32 Å². The van der Waals surface area contributed by atoms with Crippen LogP contribution >= 0.6 is 24.0 Å². The first-order chi connectivity index (χ1) is 6.66. The molecule has 1 aromatic carbocycles. The Bertz CT molecular complexity index is 319. The van der Waals surface area contributed by atoms with Crippen LogP contribution in [-0.2, 0) is 6.42 Å². The summed E-state index contributed by atoms with van der Waals surface area (Å²) in [6.45, 7) is 3.73. The fourth-order valence-corrected chi connectivity index (χ4v) is 1.44. The van der Waals surface area contributed by atoms with Crippen LogP contribution in [0.3, 0.4) is 0 Å². The van der Waals surface area contributed by atoms with Gasteiger partial charge in [0.1, 0.15) is 0 Å². The highest BCUT2D eigenvalue weighted by Crippen LogP contribution is 2.35. The molecule has 0 aliphatic rings. The van der Waals surface area contributed by atoms with Gasteiger partial charge in [-0.15, -0.1) is 12.4 Å². The summed E-state index contributed by atoms with van der Waals surface area (Å²) in [7, 11) is 0. The highest BCUT2D eigenvalue weighted by Gasteiger charge is 2.08. The Balaban J connectivity index is 0.00000196. The number of nitrogens with one attached hydrogen (secondary N) is 1. The number of benzene rings is 1. The molecule has 0 spiro atoms. The van der Waals surface area contributed by atoms with Crippen molar-refractivity contribution in [3.8, 4) is 11.5 Å². The first kappa shape index (κ1) is 14.4. The van der Waals surface area contributed by atoms with Gasteiger partial charge < -0.3 is 15.5 Å². The highest BCUT2D eigenvalue weighted by molar-refractivity contribution is 6.33. The smallest absolute Gasteiger partial charge is 0.176 e. The molecule has 0 aromatic heterocycles. The van der Waals surface area contributed by atoms with Crippen molar-refractivity contribution in [2.24, 2.45) is 0 Å². The Kier molecular flexibility index (Phi) is 6.48. The van der Waals surface area contributed by atoms with E-state index in [1.54, 1.807) is 6.07 Å². The van der Waals surface area contributed by atoms with Crippen LogP contribution in [0.2, 0.25) is 5.02 Å². The van der Waals surface area contributed by atoms with Gasteiger partial charge in [0, 0.05) is 0 Å². The van der Waals surface area contributed by atoms with Gasteiger partial charge in [-0.3, -0.25) is 0 Å². The van der Waals surface area contributed by atoms with E-state index >= 15 is 0 Å². The number of hydrogen-bond acceptors (Lipinski definition) is 3. The number of aromatic hydroxyl groups is 2. The molecule has 0 bridgehead atoms. The topological polar surface area (TPSA) is 52.5 Å².